The Morgan fingerprint density at radius 1 is 0.865 bits per heavy atom. The third-order valence-corrected chi connectivity index (χ3v) is 5.05. The van der Waals surface area contributed by atoms with Gasteiger partial charge in [-0.05, 0) is 37.0 Å². The summed E-state index contributed by atoms with van der Waals surface area (Å²) < 4.78 is 0. The fourth-order valence-electron chi connectivity index (χ4n) is 3.17. The number of carbonyl (C=O) groups is 5. The zero-order valence-electron chi connectivity index (χ0n) is 20.1. The number of aliphatic imine (C=N–C) groups is 1. The minimum Gasteiger partial charge on any atom is -0.508 e. The Morgan fingerprint density at radius 3 is 1.95 bits per heavy atom. The Morgan fingerprint density at radius 2 is 1.43 bits per heavy atom. The van der Waals surface area contributed by atoms with Gasteiger partial charge >= 0.3 is 11.9 Å². The molecule has 0 bridgehead atoms. The number of phenols is 1. The minimum absolute atomic E-state index is 0.0225. The second-order valence-electron chi connectivity index (χ2n) is 8.04. The van der Waals surface area contributed by atoms with Crippen LogP contribution < -0.4 is 33.2 Å². The fourth-order valence-corrected chi connectivity index (χ4v) is 3.17. The lowest BCUT2D eigenvalue weighted by Crippen LogP contribution is -2.56. The molecule has 12 N–H and O–H groups in total. The van der Waals surface area contributed by atoms with Crippen LogP contribution in [-0.2, 0) is 30.4 Å². The number of benzene rings is 1. The van der Waals surface area contributed by atoms with Crippen LogP contribution in [0.1, 0.15) is 31.2 Å². The van der Waals surface area contributed by atoms with E-state index in [0.717, 1.165) is 0 Å². The van der Waals surface area contributed by atoms with Gasteiger partial charge in [0.1, 0.15) is 23.9 Å². The van der Waals surface area contributed by atoms with E-state index in [1.165, 1.54) is 24.3 Å². The zero-order chi connectivity index (χ0) is 28.0. The van der Waals surface area contributed by atoms with Gasteiger partial charge in [-0.25, -0.2) is 4.79 Å². The fraction of sp³-hybridized carbons (Fsp3) is 0.455. The van der Waals surface area contributed by atoms with Crippen molar-refractivity contribution in [3.8, 4) is 5.75 Å². The first-order valence-corrected chi connectivity index (χ1v) is 11.3. The Kier molecular flexibility index (Phi) is 12.9. The molecule has 0 saturated heterocycles. The number of hydrogen-bond donors (Lipinski definition) is 9. The van der Waals surface area contributed by atoms with Crippen LogP contribution >= 0.6 is 0 Å². The SMILES string of the molecule is NCC(=O)NC(CCCN=C(N)N)C(=O)NC(CCC(=O)O)C(=O)NC(Cc1ccc(O)cc1)C(=O)O. The number of guanidine groups is 1. The van der Waals surface area contributed by atoms with Gasteiger partial charge in [0.05, 0.1) is 6.54 Å². The highest BCUT2D eigenvalue weighted by Crippen LogP contribution is 2.12. The second-order valence-corrected chi connectivity index (χ2v) is 8.04. The van der Waals surface area contributed by atoms with Crippen molar-refractivity contribution in [1.82, 2.24) is 16.0 Å². The Bertz CT molecular complexity index is 980. The average molecular weight is 524 g/mol. The van der Waals surface area contributed by atoms with Crippen molar-refractivity contribution in [2.45, 2.75) is 50.2 Å². The van der Waals surface area contributed by atoms with Crippen LogP contribution in [0.25, 0.3) is 0 Å². The number of nitrogens with two attached hydrogens (primary N) is 3. The Hall–Kier alpha value is -4.40. The van der Waals surface area contributed by atoms with Gasteiger partial charge in [-0.3, -0.25) is 24.2 Å². The molecule has 15 heteroatoms. The molecule has 0 radical (unpaired) electrons. The van der Waals surface area contributed by atoms with Crippen molar-refractivity contribution in [3.05, 3.63) is 29.8 Å². The van der Waals surface area contributed by atoms with E-state index in [4.69, 9.17) is 22.3 Å². The van der Waals surface area contributed by atoms with Gasteiger partial charge in [0.2, 0.25) is 17.7 Å². The molecule has 37 heavy (non-hydrogen) atoms. The number of carboxylic acids is 2. The summed E-state index contributed by atoms with van der Waals surface area (Å²) in [6.07, 6.45) is -0.635. The van der Waals surface area contributed by atoms with E-state index < -0.39 is 60.8 Å². The van der Waals surface area contributed by atoms with Crippen LogP contribution in [0.5, 0.6) is 5.75 Å². The highest BCUT2D eigenvalue weighted by molar-refractivity contribution is 5.93. The topological polar surface area (TPSA) is 273 Å². The van der Waals surface area contributed by atoms with E-state index in [9.17, 15) is 34.2 Å². The monoisotopic (exact) mass is 523 g/mol. The van der Waals surface area contributed by atoms with E-state index in [1.54, 1.807) is 0 Å². The van der Waals surface area contributed by atoms with Crippen LogP contribution in [0.4, 0.5) is 0 Å². The normalized spacial score (nSPS) is 12.9. The molecule has 3 atom stereocenters. The summed E-state index contributed by atoms with van der Waals surface area (Å²) in [5, 5.41) is 35.1. The number of aliphatic carboxylic acids is 2. The summed E-state index contributed by atoms with van der Waals surface area (Å²) in [7, 11) is 0. The van der Waals surface area contributed by atoms with E-state index in [2.05, 4.69) is 20.9 Å². The third kappa shape index (κ3) is 12.2. The van der Waals surface area contributed by atoms with Crippen LogP contribution in [0.15, 0.2) is 29.3 Å². The average Bonchev–Trinajstić information content (AvgIpc) is 2.83. The van der Waals surface area contributed by atoms with Crippen LogP contribution in [-0.4, -0.2) is 82.2 Å². The molecular formula is C22H33N7O8. The molecule has 0 fully saturated rings. The number of nitrogens with one attached hydrogen (secondary N) is 3. The highest BCUT2D eigenvalue weighted by Gasteiger charge is 2.30. The molecule has 1 rings (SSSR count). The number of aromatic hydroxyl groups is 1. The first-order valence-electron chi connectivity index (χ1n) is 11.3. The standard InChI is InChI=1S/C22H33N7O8/c23-11-17(31)27-14(2-1-9-26-22(24)25)19(34)28-15(7-8-18(32)33)20(35)29-16(21(36)37)10-12-3-5-13(30)6-4-12/h3-6,14-16,30H,1-2,7-11,23H2,(H,27,31)(H,28,34)(H,29,35)(H,32,33)(H,36,37)(H4,24,25,26). The van der Waals surface area contributed by atoms with Crippen molar-refractivity contribution in [3.63, 3.8) is 0 Å². The first-order chi connectivity index (χ1) is 17.4. The quantitative estimate of drug-likeness (QED) is 0.0613. The molecule has 1 aromatic carbocycles. The van der Waals surface area contributed by atoms with Crippen molar-refractivity contribution in [2.75, 3.05) is 13.1 Å². The van der Waals surface area contributed by atoms with Gasteiger partial charge in [-0.1, -0.05) is 12.1 Å². The molecule has 3 amide bonds. The highest BCUT2D eigenvalue weighted by atomic mass is 16.4. The molecule has 3 unspecified atom stereocenters. The number of hydrogen-bond acceptors (Lipinski definition) is 8. The minimum atomic E-state index is -1.42. The van der Waals surface area contributed by atoms with Gasteiger partial charge in [-0.15, -0.1) is 0 Å². The first kappa shape index (κ1) is 30.6. The van der Waals surface area contributed by atoms with Crippen molar-refractivity contribution < 1.29 is 39.3 Å². The number of phenolic OH excluding ortho intramolecular Hbond substituents is 1. The van der Waals surface area contributed by atoms with Crippen LogP contribution in [0.3, 0.4) is 0 Å². The zero-order valence-corrected chi connectivity index (χ0v) is 20.1. The van der Waals surface area contributed by atoms with Gasteiger partial charge in [-0.2, -0.15) is 0 Å². The maximum atomic E-state index is 12.9. The van der Waals surface area contributed by atoms with E-state index in [-0.39, 0.29) is 43.9 Å². The molecular weight excluding hydrogens is 490 g/mol. The lowest BCUT2D eigenvalue weighted by molar-refractivity contribution is -0.143. The van der Waals surface area contributed by atoms with Crippen LogP contribution in [0.2, 0.25) is 0 Å². The third-order valence-electron chi connectivity index (χ3n) is 5.05. The Balaban J connectivity index is 3.00. The predicted molar refractivity (Wildman–Crippen MR) is 131 cm³/mol. The molecule has 0 saturated carbocycles. The lowest BCUT2D eigenvalue weighted by atomic mass is 10.0. The molecule has 0 spiro atoms. The van der Waals surface area contributed by atoms with Crippen molar-refractivity contribution in [1.29, 1.82) is 0 Å². The number of carboxylic acid groups (broad SMARTS) is 2. The molecule has 0 aliphatic rings. The lowest BCUT2D eigenvalue weighted by Gasteiger charge is -2.24. The molecule has 0 aliphatic carbocycles. The smallest absolute Gasteiger partial charge is 0.326 e. The summed E-state index contributed by atoms with van der Waals surface area (Å²) in [6, 6.07) is 1.71. The number of carbonyl (C=O) groups excluding carboxylic acids is 3. The number of rotatable bonds is 16. The second kappa shape index (κ2) is 15.6. The Labute approximate surface area is 212 Å². The summed E-state index contributed by atoms with van der Waals surface area (Å²) in [5.74, 6) is -5.15. The number of amides is 3. The van der Waals surface area contributed by atoms with E-state index >= 15 is 0 Å². The van der Waals surface area contributed by atoms with Crippen molar-refractivity contribution in [2.24, 2.45) is 22.2 Å². The summed E-state index contributed by atoms with van der Waals surface area (Å²) in [5.41, 5.74) is 16.3. The van der Waals surface area contributed by atoms with E-state index in [0.29, 0.717) is 5.56 Å². The summed E-state index contributed by atoms with van der Waals surface area (Å²) in [4.78, 5) is 64.2. The van der Waals surface area contributed by atoms with Gasteiger partial charge in [0.15, 0.2) is 5.96 Å². The molecule has 15 nitrogen and oxygen atoms in total. The summed E-state index contributed by atoms with van der Waals surface area (Å²) in [6.45, 7) is -0.247. The largest absolute Gasteiger partial charge is 0.508 e. The molecule has 0 aromatic heterocycles. The molecule has 204 valence electrons. The maximum absolute atomic E-state index is 12.9. The predicted octanol–water partition coefficient (Wildman–Crippen LogP) is -2.65. The van der Waals surface area contributed by atoms with Gasteiger partial charge in [0.25, 0.3) is 0 Å². The van der Waals surface area contributed by atoms with Gasteiger partial charge in [0, 0.05) is 19.4 Å². The van der Waals surface area contributed by atoms with Crippen LogP contribution in [0, 0.1) is 0 Å². The van der Waals surface area contributed by atoms with E-state index in [1.807, 2.05) is 0 Å². The van der Waals surface area contributed by atoms with Crippen molar-refractivity contribution >= 4 is 35.6 Å². The molecule has 0 heterocycles. The maximum Gasteiger partial charge on any atom is 0.326 e. The summed E-state index contributed by atoms with van der Waals surface area (Å²) >= 11 is 0. The van der Waals surface area contributed by atoms with Gasteiger partial charge < -0.3 is 48.5 Å². The number of nitrogens with zero attached hydrogens (tertiary/aromatic N) is 1. The molecule has 0 aliphatic heterocycles. The molecule has 1 aromatic rings.